The molecule has 0 saturated carbocycles. The van der Waals surface area contributed by atoms with E-state index in [1.54, 1.807) is 30.0 Å². The molecule has 1 heterocycles. The number of benzene rings is 1. The highest BCUT2D eigenvalue weighted by Gasteiger charge is 2.36. The number of hydrogen-bond acceptors (Lipinski definition) is 5. The summed E-state index contributed by atoms with van der Waals surface area (Å²) in [4.78, 5) is 27.3. The molecule has 1 N–H and O–H groups in total. The van der Waals surface area contributed by atoms with Gasteiger partial charge in [-0.2, -0.15) is 0 Å². The average Bonchev–Trinajstić information content (AvgIpc) is 2.98. The van der Waals surface area contributed by atoms with Crippen LogP contribution < -0.4 is 4.74 Å². The highest BCUT2D eigenvalue weighted by atomic mass is 16.5. The minimum atomic E-state index is -0.532. The van der Waals surface area contributed by atoms with Crippen molar-refractivity contribution in [3.8, 4) is 11.5 Å². The zero-order valence-corrected chi connectivity index (χ0v) is 17.9. The van der Waals surface area contributed by atoms with Crippen LogP contribution in [-0.2, 0) is 14.3 Å². The molecule has 6 heteroatoms. The SMILES string of the molecule is CCOc1cc(/C=C2\C(=O)N(CCC3=CCCCC3)C(C)=C2C(=O)OC)ccc1O. The van der Waals surface area contributed by atoms with Gasteiger partial charge in [-0.15, -0.1) is 0 Å². The van der Waals surface area contributed by atoms with Crippen molar-refractivity contribution in [1.82, 2.24) is 4.90 Å². The molecule has 160 valence electrons. The first-order valence-electron chi connectivity index (χ1n) is 10.4. The monoisotopic (exact) mass is 411 g/mol. The fourth-order valence-corrected chi connectivity index (χ4v) is 3.94. The van der Waals surface area contributed by atoms with E-state index >= 15 is 0 Å². The molecule has 0 aromatic heterocycles. The number of methoxy groups -OCH3 is 1. The summed E-state index contributed by atoms with van der Waals surface area (Å²) in [6, 6.07) is 4.84. The number of ether oxygens (including phenoxy) is 2. The van der Waals surface area contributed by atoms with Crippen molar-refractivity contribution in [2.75, 3.05) is 20.3 Å². The van der Waals surface area contributed by atoms with Crippen molar-refractivity contribution < 1.29 is 24.2 Å². The third kappa shape index (κ3) is 4.58. The van der Waals surface area contributed by atoms with E-state index in [1.165, 1.54) is 31.6 Å². The molecule has 0 saturated heterocycles. The number of phenols is 1. The third-order valence-electron chi connectivity index (χ3n) is 5.54. The van der Waals surface area contributed by atoms with Gasteiger partial charge in [0.05, 0.1) is 24.9 Å². The lowest BCUT2D eigenvalue weighted by Gasteiger charge is -2.20. The van der Waals surface area contributed by atoms with Gasteiger partial charge in [-0.3, -0.25) is 4.79 Å². The maximum Gasteiger partial charge on any atom is 0.340 e. The summed E-state index contributed by atoms with van der Waals surface area (Å²) in [7, 11) is 1.31. The number of carbonyl (C=O) groups excluding carboxylic acids is 2. The summed E-state index contributed by atoms with van der Waals surface area (Å²) in [5.74, 6) is -0.386. The van der Waals surface area contributed by atoms with Crippen LogP contribution >= 0.6 is 0 Å². The van der Waals surface area contributed by atoms with E-state index in [4.69, 9.17) is 9.47 Å². The molecule has 1 aromatic rings. The maximum atomic E-state index is 13.2. The molecular weight excluding hydrogens is 382 g/mol. The van der Waals surface area contributed by atoms with Gasteiger partial charge in [0.2, 0.25) is 0 Å². The molecule has 0 radical (unpaired) electrons. The largest absolute Gasteiger partial charge is 0.504 e. The Hall–Kier alpha value is -3.02. The quantitative estimate of drug-likeness (QED) is 0.410. The molecule has 0 bridgehead atoms. The number of rotatable bonds is 7. The van der Waals surface area contributed by atoms with E-state index in [2.05, 4.69) is 6.08 Å². The summed E-state index contributed by atoms with van der Waals surface area (Å²) in [5, 5.41) is 9.93. The van der Waals surface area contributed by atoms with Gasteiger partial charge in [0.15, 0.2) is 11.5 Å². The highest BCUT2D eigenvalue weighted by Crippen LogP contribution is 2.34. The van der Waals surface area contributed by atoms with Crippen molar-refractivity contribution in [3.05, 3.63) is 52.3 Å². The van der Waals surface area contributed by atoms with Gasteiger partial charge in [0.25, 0.3) is 5.91 Å². The van der Waals surface area contributed by atoms with Crippen molar-refractivity contribution in [2.24, 2.45) is 0 Å². The van der Waals surface area contributed by atoms with E-state index in [9.17, 15) is 14.7 Å². The first-order chi connectivity index (χ1) is 14.5. The Balaban J connectivity index is 1.92. The molecule has 6 nitrogen and oxygen atoms in total. The molecule has 1 aliphatic carbocycles. The van der Waals surface area contributed by atoms with E-state index < -0.39 is 5.97 Å². The van der Waals surface area contributed by atoms with Crippen molar-refractivity contribution in [2.45, 2.75) is 46.0 Å². The summed E-state index contributed by atoms with van der Waals surface area (Å²) in [5.41, 5.74) is 3.22. The lowest BCUT2D eigenvalue weighted by molar-refractivity contribution is -0.136. The lowest BCUT2D eigenvalue weighted by Crippen LogP contribution is -2.26. The predicted molar refractivity (Wildman–Crippen MR) is 115 cm³/mol. The minimum absolute atomic E-state index is 0.0269. The Kier molecular flexibility index (Phi) is 6.98. The Bertz CT molecular complexity index is 926. The van der Waals surface area contributed by atoms with Gasteiger partial charge in [-0.1, -0.05) is 17.7 Å². The summed E-state index contributed by atoms with van der Waals surface area (Å²) in [6.07, 6.45) is 9.31. The standard InChI is InChI=1S/C24H29NO5/c1-4-30-21-15-18(10-11-20(21)26)14-19-22(24(28)29-3)16(2)25(23(19)27)13-12-17-8-6-5-7-9-17/h8,10-11,14-15,26H,4-7,9,12-13H2,1-3H3/b19-14-. The summed E-state index contributed by atoms with van der Waals surface area (Å²) in [6.45, 7) is 4.55. The molecule has 1 aromatic carbocycles. The molecule has 2 aliphatic rings. The van der Waals surface area contributed by atoms with Crippen molar-refractivity contribution in [3.63, 3.8) is 0 Å². The topological polar surface area (TPSA) is 76.1 Å². The number of esters is 1. The molecule has 0 atom stereocenters. The van der Waals surface area contributed by atoms with Crippen LogP contribution in [0.2, 0.25) is 0 Å². The molecule has 0 spiro atoms. The third-order valence-corrected chi connectivity index (χ3v) is 5.54. The zero-order chi connectivity index (χ0) is 21.7. The van der Waals surface area contributed by atoms with Gasteiger partial charge in [-0.25, -0.2) is 4.79 Å². The maximum absolute atomic E-state index is 13.2. The fourth-order valence-electron chi connectivity index (χ4n) is 3.94. The molecule has 1 aliphatic heterocycles. The molecule has 3 rings (SSSR count). The molecule has 0 fully saturated rings. The Morgan fingerprint density at radius 1 is 1.30 bits per heavy atom. The number of hydrogen-bond donors (Lipinski definition) is 1. The van der Waals surface area contributed by atoms with Crippen LogP contribution in [0.1, 0.15) is 51.5 Å². The molecule has 0 unspecified atom stereocenters. The zero-order valence-electron chi connectivity index (χ0n) is 17.9. The molecule has 30 heavy (non-hydrogen) atoms. The van der Waals surface area contributed by atoms with Gasteiger partial charge in [0.1, 0.15) is 0 Å². The van der Waals surface area contributed by atoms with E-state index in [-0.39, 0.29) is 17.2 Å². The fraction of sp³-hybridized carbons (Fsp3) is 0.417. The highest BCUT2D eigenvalue weighted by molar-refractivity contribution is 6.16. The lowest BCUT2D eigenvalue weighted by atomic mass is 9.97. The molecule has 1 amide bonds. The predicted octanol–water partition coefficient (Wildman–Crippen LogP) is 4.35. The van der Waals surface area contributed by atoms with E-state index in [0.717, 1.165) is 19.3 Å². The second-order valence-electron chi connectivity index (χ2n) is 7.49. The van der Waals surface area contributed by atoms with Crippen LogP contribution in [-0.4, -0.2) is 42.1 Å². The number of amides is 1. The number of allylic oxidation sites excluding steroid dienone is 2. The van der Waals surface area contributed by atoms with Crippen LogP contribution in [0.3, 0.4) is 0 Å². The van der Waals surface area contributed by atoms with Crippen LogP contribution in [0.15, 0.2) is 46.7 Å². The second-order valence-corrected chi connectivity index (χ2v) is 7.49. The Morgan fingerprint density at radius 3 is 2.77 bits per heavy atom. The summed E-state index contributed by atoms with van der Waals surface area (Å²) >= 11 is 0. The Morgan fingerprint density at radius 2 is 2.10 bits per heavy atom. The van der Waals surface area contributed by atoms with Gasteiger partial charge < -0.3 is 19.5 Å². The second kappa shape index (κ2) is 9.65. The number of nitrogens with zero attached hydrogens (tertiary/aromatic N) is 1. The van der Waals surface area contributed by atoms with Crippen LogP contribution in [0, 0.1) is 0 Å². The normalized spacial score (nSPS) is 18.1. The molecular formula is C24H29NO5. The van der Waals surface area contributed by atoms with E-state index in [1.807, 2.05) is 6.92 Å². The van der Waals surface area contributed by atoms with Crippen LogP contribution in [0.25, 0.3) is 6.08 Å². The van der Waals surface area contributed by atoms with Crippen LogP contribution in [0.5, 0.6) is 11.5 Å². The van der Waals surface area contributed by atoms with Crippen molar-refractivity contribution in [1.29, 1.82) is 0 Å². The Labute approximate surface area is 177 Å². The van der Waals surface area contributed by atoms with Gasteiger partial charge in [0, 0.05) is 12.2 Å². The van der Waals surface area contributed by atoms with E-state index in [0.29, 0.717) is 35.7 Å². The smallest absolute Gasteiger partial charge is 0.340 e. The van der Waals surface area contributed by atoms with Gasteiger partial charge >= 0.3 is 5.97 Å². The number of carbonyl (C=O) groups is 2. The van der Waals surface area contributed by atoms with Gasteiger partial charge in [-0.05, 0) is 69.7 Å². The minimum Gasteiger partial charge on any atom is -0.504 e. The number of aromatic hydroxyl groups is 1. The average molecular weight is 411 g/mol. The number of phenolic OH excluding ortho intramolecular Hbond substituents is 1. The van der Waals surface area contributed by atoms with Crippen LogP contribution in [0.4, 0.5) is 0 Å². The first kappa shape index (κ1) is 21.7. The first-order valence-corrected chi connectivity index (χ1v) is 10.4. The van der Waals surface area contributed by atoms with Crippen molar-refractivity contribution >= 4 is 18.0 Å². The summed E-state index contributed by atoms with van der Waals surface area (Å²) < 4.78 is 10.4.